The maximum absolute atomic E-state index is 12.7. The molecule has 0 aliphatic carbocycles. The lowest BCUT2D eigenvalue weighted by molar-refractivity contribution is -0.121. The van der Waals surface area contributed by atoms with Crippen molar-refractivity contribution in [3.63, 3.8) is 0 Å². The number of aromatic nitrogens is 2. The third kappa shape index (κ3) is 5.10. The maximum atomic E-state index is 12.7. The molecule has 9 heteroatoms. The van der Waals surface area contributed by atoms with Gasteiger partial charge in [0.25, 0.3) is 0 Å². The number of hydrogen-bond donors (Lipinski definition) is 1. The number of morpholine rings is 1. The molecule has 1 N–H and O–H groups in total. The Morgan fingerprint density at radius 2 is 1.82 bits per heavy atom. The van der Waals surface area contributed by atoms with Gasteiger partial charge >= 0.3 is 0 Å². The number of benzene rings is 2. The molecule has 1 aliphatic heterocycles. The number of ether oxygens (including phenoxy) is 1. The highest BCUT2D eigenvalue weighted by atomic mass is 32.2. The van der Waals surface area contributed by atoms with E-state index in [9.17, 15) is 13.2 Å². The van der Waals surface area contributed by atoms with Gasteiger partial charge in [-0.15, -0.1) is 0 Å². The van der Waals surface area contributed by atoms with Gasteiger partial charge in [0.1, 0.15) is 5.82 Å². The van der Waals surface area contributed by atoms with Gasteiger partial charge in [0, 0.05) is 26.1 Å². The van der Waals surface area contributed by atoms with E-state index in [0.29, 0.717) is 39.1 Å². The molecule has 1 aliphatic rings. The number of rotatable bonds is 8. The van der Waals surface area contributed by atoms with Gasteiger partial charge in [-0.1, -0.05) is 24.3 Å². The lowest BCUT2D eigenvalue weighted by atomic mass is 10.1. The van der Waals surface area contributed by atoms with E-state index in [0.717, 1.165) is 29.0 Å². The molecule has 1 saturated heterocycles. The summed E-state index contributed by atoms with van der Waals surface area (Å²) < 4.78 is 34.3. The molecule has 2 heterocycles. The average Bonchev–Trinajstić information content (AvgIpc) is 3.22. The number of hydrogen-bond acceptors (Lipinski definition) is 5. The lowest BCUT2D eigenvalue weighted by Gasteiger charge is -2.26. The number of nitrogens with one attached hydrogen (secondary N) is 1. The highest BCUT2D eigenvalue weighted by Crippen LogP contribution is 2.21. The van der Waals surface area contributed by atoms with Crippen LogP contribution in [0.1, 0.15) is 37.7 Å². The molecule has 176 valence electrons. The Balaban J connectivity index is 1.35. The second-order valence-electron chi connectivity index (χ2n) is 8.15. The molecular weight excluding hydrogens is 440 g/mol. The first-order chi connectivity index (χ1) is 15.9. The Morgan fingerprint density at radius 3 is 2.52 bits per heavy atom. The molecule has 0 radical (unpaired) electrons. The van der Waals surface area contributed by atoms with Crippen LogP contribution in [-0.2, 0) is 32.5 Å². The SMILES string of the molecule is CCn1c(C(C)NC(=O)CCc2ccc(S(=O)(=O)N3CCOCC3)cc2)nc2ccccc21. The molecular formula is C24H30N4O4S. The normalized spacial score (nSPS) is 16.1. The summed E-state index contributed by atoms with van der Waals surface area (Å²) in [6.45, 7) is 6.35. The van der Waals surface area contributed by atoms with E-state index in [4.69, 9.17) is 9.72 Å². The molecule has 0 saturated carbocycles. The Bertz CT molecular complexity index is 1210. The van der Waals surface area contributed by atoms with Crippen LogP contribution in [0.25, 0.3) is 11.0 Å². The van der Waals surface area contributed by atoms with Crippen LogP contribution in [0.2, 0.25) is 0 Å². The fraction of sp³-hybridized carbons (Fsp3) is 0.417. The van der Waals surface area contributed by atoms with Crippen LogP contribution >= 0.6 is 0 Å². The van der Waals surface area contributed by atoms with E-state index in [1.165, 1.54) is 4.31 Å². The largest absolute Gasteiger partial charge is 0.379 e. The van der Waals surface area contributed by atoms with E-state index >= 15 is 0 Å². The van der Waals surface area contributed by atoms with Crippen LogP contribution < -0.4 is 5.32 Å². The van der Waals surface area contributed by atoms with Crippen molar-refractivity contribution in [1.29, 1.82) is 0 Å². The molecule has 1 unspecified atom stereocenters. The van der Waals surface area contributed by atoms with Crippen LogP contribution in [0.3, 0.4) is 0 Å². The van der Waals surface area contributed by atoms with Gasteiger partial charge < -0.3 is 14.6 Å². The summed E-state index contributed by atoms with van der Waals surface area (Å²) >= 11 is 0. The van der Waals surface area contributed by atoms with Crippen molar-refractivity contribution in [3.05, 3.63) is 59.9 Å². The third-order valence-electron chi connectivity index (χ3n) is 5.94. The van der Waals surface area contributed by atoms with Gasteiger partial charge in [-0.25, -0.2) is 13.4 Å². The van der Waals surface area contributed by atoms with Crippen molar-refractivity contribution in [2.45, 2.75) is 44.2 Å². The third-order valence-corrected chi connectivity index (χ3v) is 7.85. The molecule has 8 nitrogen and oxygen atoms in total. The van der Waals surface area contributed by atoms with E-state index in [1.54, 1.807) is 24.3 Å². The molecule has 1 amide bonds. The summed E-state index contributed by atoms with van der Waals surface area (Å²) in [6, 6.07) is 14.5. The number of carbonyl (C=O) groups is 1. The Labute approximate surface area is 194 Å². The van der Waals surface area contributed by atoms with Gasteiger partial charge in [0.2, 0.25) is 15.9 Å². The summed E-state index contributed by atoms with van der Waals surface area (Å²) in [5, 5.41) is 3.04. The molecule has 1 atom stereocenters. The number of amides is 1. The van der Waals surface area contributed by atoms with Crippen LogP contribution in [0.15, 0.2) is 53.4 Å². The van der Waals surface area contributed by atoms with E-state index in [-0.39, 0.29) is 16.8 Å². The number of carbonyl (C=O) groups excluding carboxylic acids is 1. The number of sulfonamides is 1. The minimum atomic E-state index is -3.51. The zero-order chi connectivity index (χ0) is 23.4. The molecule has 2 aromatic carbocycles. The number of para-hydroxylation sites is 2. The fourth-order valence-electron chi connectivity index (χ4n) is 4.16. The molecule has 1 aromatic heterocycles. The summed E-state index contributed by atoms with van der Waals surface area (Å²) in [7, 11) is -3.51. The van der Waals surface area contributed by atoms with Crippen molar-refractivity contribution >= 4 is 27.0 Å². The maximum Gasteiger partial charge on any atom is 0.243 e. The van der Waals surface area contributed by atoms with Crippen molar-refractivity contribution in [1.82, 2.24) is 19.2 Å². The lowest BCUT2D eigenvalue weighted by Crippen LogP contribution is -2.40. The predicted octanol–water partition coefficient (Wildman–Crippen LogP) is 2.89. The predicted molar refractivity (Wildman–Crippen MR) is 126 cm³/mol. The summed E-state index contributed by atoms with van der Waals surface area (Å²) in [5.74, 6) is 0.770. The number of imidazole rings is 1. The molecule has 0 spiro atoms. The van der Waals surface area contributed by atoms with Crippen molar-refractivity contribution in [2.75, 3.05) is 26.3 Å². The first kappa shape index (κ1) is 23.4. The molecule has 3 aromatic rings. The average molecular weight is 471 g/mol. The minimum absolute atomic E-state index is 0.0674. The van der Waals surface area contributed by atoms with Gasteiger partial charge in [-0.2, -0.15) is 4.31 Å². The van der Waals surface area contributed by atoms with Gasteiger partial charge in [0.15, 0.2) is 0 Å². The zero-order valence-electron chi connectivity index (χ0n) is 19.0. The van der Waals surface area contributed by atoms with Crippen LogP contribution in [-0.4, -0.2) is 54.5 Å². The first-order valence-electron chi connectivity index (χ1n) is 11.3. The Morgan fingerprint density at radius 1 is 1.12 bits per heavy atom. The topological polar surface area (TPSA) is 93.5 Å². The number of aryl methyl sites for hydroxylation is 2. The van der Waals surface area contributed by atoms with Gasteiger partial charge in [0.05, 0.1) is 35.2 Å². The minimum Gasteiger partial charge on any atom is -0.379 e. The van der Waals surface area contributed by atoms with Crippen molar-refractivity contribution < 1.29 is 17.9 Å². The van der Waals surface area contributed by atoms with Crippen LogP contribution in [0, 0.1) is 0 Å². The second kappa shape index (κ2) is 10.0. The van der Waals surface area contributed by atoms with Gasteiger partial charge in [-0.3, -0.25) is 4.79 Å². The van der Waals surface area contributed by atoms with E-state index in [1.807, 2.05) is 31.2 Å². The first-order valence-corrected chi connectivity index (χ1v) is 12.8. The second-order valence-corrected chi connectivity index (χ2v) is 10.1. The Hall–Kier alpha value is -2.75. The molecule has 1 fully saturated rings. The number of fused-ring (bicyclic) bond motifs is 1. The summed E-state index contributed by atoms with van der Waals surface area (Å²) in [5.41, 5.74) is 2.89. The quantitative estimate of drug-likeness (QED) is 0.546. The molecule has 0 bridgehead atoms. The van der Waals surface area contributed by atoms with Gasteiger partial charge in [-0.05, 0) is 50.1 Å². The smallest absolute Gasteiger partial charge is 0.243 e. The van der Waals surface area contributed by atoms with Crippen LogP contribution in [0.5, 0.6) is 0 Å². The Kier molecular flexibility index (Phi) is 7.11. The highest BCUT2D eigenvalue weighted by molar-refractivity contribution is 7.89. The fourth-order valence-corrected chi connectivity index (χ4v) is 5.57. The molecule has 4 rings (SSSR count). The number of nitrogens with zero attached hydrogens (tertiary/aromatic N) is 3. The van der Waals surface area contributed by atoms with Crippen molar-refractivity contribution in [3.8, 4) is 0 Å². The zero-order valence-corrected chi connectivity index (χ0v) is 19.8. The summed E-state index contributed by atoms with van der Waals surface area (Å²) in [6.07, 6.45) is 0.840. The molecule has 33 heavy (non-hydrogen) atoms. The summed E-state index contributed by atoms with van der Waals surface area (Å²) in [4.78, 5) is 17.6. The standard InChI is InChI=1S/C24H30N4O4S/c1-3-28-22-7-5-4-6-21(22)26-24(28)18(2)25-23(29)13-10-19-8-11-20(12-9-19)33(30,31)27-14-16-32-17-15-27/h4-9,11-12,18H,3,10,13-17H2,1-2H3,(H,25,29). The van der Waals surface area contributed by atoms with Crippen molar-refractivity contribution in [2.24, 2.45) is 0 Å². The van der Waals surface area contributed by atoms with E-state index < -0.39 is 10.0 Å². The van der Waals surface area contributed by atoms with E-state index in [2.05, 4.69) is 16.8 Å². The monoisotopic (exact) mass is 470 g/mol. The highest BCUT2D eigenvalue weighted by Gasteiger charge is 2.26. The van der Waals surface area contributed by atoms with Crippen LogP contribution in [0.4, 0.5) is 0 Å².